The minimum Gasteiger partial charge on any atom is -0.481 e. The van der Waals surface area contributed by atoms with E-state index in [-0.39, 0.29) is 18.8 Å². The van der Waals surface area contributed by atoms with Gasteiger partial charge in [0.1, 0.15) is 23.5 Å². The van der Waals surface area contributed by atoms with E-state index in [9.17, 15) is 4.79 Å². The maximum Gasteiger partial charge on any atom is 0.344 e. The van der Waals surface area contributed by atoms with E-state index in [2.05, 4.69) is 0 Å². The number of nitrogens with zero attached hydrogens (tertiary/aromatic N) is 2. The molecule has 2 aromatic carbocycles. The highest BCUT2D eigenvalue weighted by molar-refractivity contribution is 5.94. The third-order valence-electron chi connectivity index (χ3n) is 3.11. The molecule has 5 heteroatoms. The van der Waals surface area contributed by atoms with Crippen LogP contribution in [0.3, 0.4) is 0 Å². The molecule has 0 aromatic heterocycles. The van der Waals surface area contributed by atoms with Crippen molar-refractivity contribution < 1.29 is 14.3 Å². The summed E-state index contributed by atoms with van der Waals surface area (Å²) in [5, 5.41) is 19.7. The van der Waals surface area contributed by atoms with Gasteiger partial charge in [-0.3, -0.25) is 0 Å². The monoisotopic (exact) mass is 306 g/mol. The third kappa shape index (κ3) is 3.87. The molecular formula is C18H14N2O3. The van der Waals surface area contributed by atoms with Crippen LogP contribution < -0.4 is 4.74 Å². The van der Waals surface area contributed by atoms with Crippen LogP contribution in [0.15, 0.2) is 42.0 Å². The predicted molar refractivity (Wildman–Crippen MR) is 85.3 cm³/mol. The predicted octanol–water partition coefficient (Wildman–Crippen LogP) is 3.21. The van der Waals surface area contributed by atoms with Gasteiger partial charge in [-0.2, -0.15) is 10.5 Å². The lowest BCUT2D eigenvalue weighted by atomic mass is 10.0. The highest BCUT2D eigenvalue weighted by Crippen LogP contribution is 2.30. The molecule has 0 aliphatic rings. The Morgan fingerprint density at radius 1 is 1.17 bits per heavy atom. The second kappa shape index (κ2) is 7.63. The van der Waals surface area contributed by atoms with Gasteiger partial charge < -0.3 is 9.47 Å². The second-order valence-electron chi connectivity index (χ2n) is 4.57. The lowest BCUT2D eigenvalue weighted by molar-refractivity contribution is -0.145. The van der Waals surface area contributed by atoms with Crippen LogP contribution in [0.2, 0.25) is 0 Å². The molecule has 0 aliphatic heterocycles. The van der Waals surface area contributed by atoms with E-state index in [0.29, 0.717) is 11.3 Å². The van der Waals surface area contributed by atoms with Crippen molar-refractivity contribution in [1.29, 1.82) is 10.5 Å². The molecule has 0 fully saturated rings. The number of hydrogen-bond donors (Lipinski definition) is 0. The Balaban J connectivity index is 2.48. The molecule has 0 unspecified atom stereocenters. The van der Waals surface area contributed by atoms with Crippen LogP contribution in [-0.4, -0.2) is 19.2 Å². The number of ether oxygens (including phenoxy) is 2. The molecule has 2 rings (SSSR count). The van der Waals surface area contributed by atoms with E-state index in [1.54, 1.807) is 13.0 Å². The Morgan fingerprint density at radius 3 is 2.61 bits per heavy atom. The van der Waals surface area contributed by atoms with Crippen LogP contribution in [0.5, 0.6) is 5.75 Å². The topological polar surface area (TPSA) is 83.1 Å². The number of carbonyl (C=O) groups is 1. The Kier molecular flexibility index (Phi) is 5.33. The first-order valence-electron chi connectivity index (χ1n) is 7.01. The van der Waals surface area contributed by atoms with Gasteiger partial charge in [0.25, 0.3) is 0 Å². The maximum absolute atomic E-state index is 11.5. The molecule has 23 heavy (non-hydrogen) atoms. The second-order valence-corrected chi connectivity index (χ2v) is 4.57. The van der Waals surface area contributed by atoms with Gasteiger partial charge in [0.05, 0.1) is 6.61 Å². The van der Waals surface area contributed by atoms with Crippen molar-refractivity contribution in [2.24, 2.45) is 0 Å². The summed E-state index contributed by atoms with van der Waals surface area (Å²) < 4.78 is 10.3. The van der Waals surface area contributed by atoms with E-state index in [0.717, 1.165) is 10.8 Å². The van der Waals surface area contributed by atoms with Gasteiger partial charge in [-0.25, -0.2) is 4.79 Å². The minimum atomic E-state index is -0.476. The summed E-state index contributed by atoms with van der Waals surface area (Å²) in [6.45, 7) is 1.76. The molecular weight excluding hydrogens is 292 g/mol. The van der Waals surface area contributed by atoms with Crippen LogP contribution in [0.25, 0.3) is 16.8 Å². The fraction of sp³-hybridized carbons (Fsp3) is 0.167. The standard InChI is InChI=1S/C18H14N2O3/c1-2-22-18(21)12-23-17-8-7-14-5-3-4-6-15(14)16(17)9-13(10-19)11-20/h3-9H,2,12H2,1H3. The van der Waals surface area contributed by atoms with Gasteiger partial charge >= 0.3 is 5.97 Å². The smallest absolute Gasteiger partial charge is 0.344 e. The lowest BCUT2D eigenvalue weighted by Gasteiger charge is -2.11. The van der Waals surface area contributed by atoms with E-state index >= 15 is 0 Å². The van der Waals surface area contributed by atoms with Gasteiger partial charge in [0.2, 0.25) is 0 Å². The van der Waals surface area contributed by atoms with Crippen molar-refractivity contribution in [2.75, 3.05) is 13.2 Å². The zero-order chi connectivity index (χ0) is 16.7. The third-order valence-corrected chi connectivity index (χ3v) is 3.11. The quantitative estimate of drug-likeness (QED) is 0.625. The lowest BCUT2D eigenvalue weighted by Crippen LogP contribution is -2.15. The summed E-state index contributed by atoms with van der Waals surface area (Å²) >= 11 is 0. The van der Waals surface area contributed by atoms with Crippen LogP contribution >= 0.6 is 0 Å². The number of fused-ring (bicyclic) bond motifs is 1. The van der Waals surface area contributed by atoms with Crippen molar-refractivity contribution >= 4 is 22.8 Å². The van der Waals surface area contributed by atoms with Crippen molar-refractivity contribution in [3.63, 3.8) is 0 Å². The average molecular weight is 306 g/mol. The van der Waals surface area contributed by atoms with Gasteiger partial charge in [-0.05, 0) is 29.8 Å². The van der Waals surface area contributed by atoms with Gasteiger partial charge in [0, 0.05) is 5.56 Å². The SMILES string of the molecule is CCOC(=O)COc1ccc2ccccc2c1C=C(C#N)C#N. The van der Waals surface area contributed by atoms with E-state index in [1.807, 2.05) is 42.5 Å². The molecule has 114 valence electrons. The van der Waals surface area contributed by atoms with Crippen molar-refractivity contribution in [2.45, 2.75) is 6.92 Å². The van der Waals surface area contributed by atoms with Gasteiger partial charge in [-0.1, -0.05) is 30.3 Å². The summed E-state index contributed by atoms with van der Waals surface area (Å²) in [6.07, 6.45) is 1.46. The fourth-order valence-electron chi connectivity index (χ4n) is 2.12. The summed E-state index contributed by atoms with van der Waals surface area (Å²) in [5.41, 5.74) is 0.549. The fourth-order valence-corrected chi connectivity index (χ4v) is 2.12. The molecule has 0 saturated carbocycles. The summed E-state index contributed by atoms with van der Waals surface area (Å²) in [6, 6.07) is 14.8. The van der Waals surface area contributed by atoms with Crippen molar-refractivity contribution in [3.05, 3.63) is 47.5 Å². The number of esters is 1. The molecule has 0 amide bonds. The van der Waals surface area contributed by atoms with Crippen LogP contribution in [0.4, 0.5) is 0 Å². The largest absolute Gasteiger partial charge is 0.481 e. The molecule has 0 radical (unpaired) electrons. The number of rotatable bonds is 5. The van der Waals surface area contributed by atoms with Crippen LogP contribution in [0, 0.1) is 22.7 Å². The Bertz CT molecular complexity index is 825. The maximum atomic E-state index is 11.5. The summed E-state index contributed by atoms with van der Waals surface area (Å²) in [4.78, 5) is 11.5. The Labute approximate surface area is 134 Å². The van der Waals surface area contributed by atoms with E-state index in [1.165, 1.54) is 6.08 Å². The number of benzene rings is 2. The number of allylic oxidation sites excluding steroid dienone is 1. The first-order valence-corrected chi connectivity index (χ1v) is 7.01. The molecule has 0 saturated heterocycles. The Morgan fingerprint density at radius 2 is 1.91 bits per heavy atom. The van der Waals surface area contributed by atoms with E-state index < -0.39 is 5.97 Å². The molecule has 0 bridgehead atoms. The highest BCUT2D eigenvalue weighted by atomic mass is 16.6. The Hall–Kier alpha value is -3.31. The molecule has 0 atom stereocenters. The van der Waals surface area contributed by atoms with E-state index in [4.69, 9.17) is 20.0 Å². The van der Waals surface area contributed by atoms with Gasteiger partial charge in [-0.15, -0.1) is 0 Å². The number of nitriles is 2. The zero-order valence-corrected chi connectivity index (χ0v) is 12.6. The molecule has 2 aromatic rings. The molecule has 0 spiro atoms. The highest BCUT2D eigenvalue weighted by Gasteiger charge is 2.10. The number of hydrogen-bond acceptors (Lipinski definition) is 5. The van der Waals surface area contributed by atoms with Crippen LogP contribution in [-0.2, 0) is 9.53 Å². The molecule has 0 N–H and O–H groups in total. The zero-order valence-electron chi connectivity index (χ0n) is 12.6. The van der Waals surface area contributed by atoms with Crippen molar-refractivity contribution in [1.82, 2.24) is 0 Å². The molecule has 0 heterocycles. The average Bonchev–Trinajstić information content (AvgIpc) is 2.58. The van der Waals surface area contributed by atoms with Crippen LogP contribution in [0.1, 0.15) is 12.5 Å². The molecule has 5 nitrogen and oxygen atoms in total. The normalized spacial score (nSPS) is 9.52. The minimum absolute atomic E-state index is 0.0395. The summed E-state index contributed by atoms with van der Waals surface area (Å²) in [5.74, 6) is -0.0591. The summed E-state index contributed by atoms with van der Waals surface area (Å²) in [7, 11) is 0. The first kappa shape index (κ1) is 16.1. The van der Waals surface area contributed by atoms with Crippen molar-refractivity contribution in [3.8, 4) is 17.9 Å². The molecule has 0 aliphatic carbocycles. The van der Waals surface area contributed by atoms with Gasteiger partial charge in [0.15, 0.2) is 6.61 Å². The number of carbonyl (C=O) groups excluding carboxylic acids is 1. The first-order chi connectivity index (χ1) is 11.2.